The molecule has 1 fully saturated rings. The highest BCUT2D eigenvalue weighted by molar-refractivity contribution is 4.89. The van der Waals surface area contributed by atoms with E-state index in [0.717, 1.165) is 6.61 Å². The van der Waals surface area contributed by atoms with Gasteiger partial charge in [-0.25, -0.2) is 0 Å². The summed E-state index contributed by atoms with van der Waals surface area (Å²) < 4.78 is 5.84. The Morgan fingerprint density at radius 1 is 0.667 bits per heavy atom. The van der Waals surface area contributed by atoms with Gasteiger partial charge in [-0.3, -0.25) is 0 Å². The van der Waals surface area contributed by atoms with E-state index in [1.54, 1.807) is 0 Å². The first kappa shape index (κ1) is 22.0. The Morgan fingerprint density at radius 2 is 1.08 bits per heavy atom. The molecular formula is C23H46O. The van der Waals surface area contributed by atoms with Crippen molar-refractivity contribution in [3.05, 3.63) is 0 Å². The largest absolute Gasteiger partial charge is 0.377 e. The fraction of sp³-hybridized carbons (Fsp3) is 1.00. The van der Waals surface area contributed by atoms with Crippen molar-refractivity contribution in [1.29, 1.82) is 0 Å². The normalized spacial score (nSPS) is 17.9. The molecule has 1 heteroatoms. The van der Waals surface area contributed by atoms with Crippen LogP contribution in [-0.4, -0.2) is 12.7 Å². The molecule has 0 spiro atoms. The first-order chi connectivity index (χ1) is 11.8. The highest BCUT2D eigenvalue weighted by Crippen LogP contribution is 2.42. The van der Waals surface area contributed by atoms with E-state index in [9.17, 15) is 0 Å². The summed E-state index contributed by atoms with van der Waals surface area (Å²) in [6.07, 6.45) is 24.7. The molecule has 0 aliphatic carbocycles. The smallest absolute Gasteiger partial charge is 0.0653 e. The van der Waals surface area contributed by atoms with Gasteiger partial charge in [0, 0.05) is 6.61 Å². The van der Waals surface area contributed by atoms with Crippen LogP contribution in [-0.2, 0) is 4.74 Å². The molecule has 1 rings (SSSR count). The van der Waals surface area contributed by atoms with Crippen LogP contribution in [0.5, 0.6) is 0 Å². The second kappa shape index (κ2) is 14.2. The minimum Gasteiger partial charge on any atom is -0.377 e. The molecule has 0 N–H and O–H groups in total. The summed E-state index contributed by atoms with van der Waals surface area (Å²) in [5.41, 5.74) is 0.496. The van der Waals surface area contributed by atoms with Crippen molar-refractivity contribution in [2.24, 2.45) is 5.41 Å². The van der Waals surface area contributed by atoms with E-state index in [1.165, 1.54) is 109 Å². The Balaban J connectivity index is 1.89. The van der Waals surface area contributed by atoms with Gasteiger partial charge in [-0.2, -0.15) is 0 Å². The van der Waals surface area contributed by atoms with Gasteiger partial charge in [-0.1, -0.05) is 104 Å². The molecule has 1 nitrogen and oxygen atoms in total. The molecule has 0 aromatic rings. The van der Waals surface area contributed by atoms with Crippen LogP contribution in [0.4, 0.5) is 0 Å². The van der Waals surface area contributed by atoms with Gasteiger partial charge in [-0.05, 0) is 31.1 Å². The van der Waals surface area contributed by atoms with Crippen LogP contribution < -0.4 is 0 Å². The fourth-order valence-corrected chi connectivity index (χ4v) is 4.43. The van der Waals surface area contributed by atoms with E-state index in [-0.39, 0.29) is 0 Å². The van der Waals surface area contributed by atoms with Crippen LogP contribution in [0.3, 0.4) is 0 Å². The number of rotatable bonds is 17. The Kier molecular flexibility index (Phi) is 13.0. The Hall–Kier alpha value is -0.0400. The number of hydrogen-bond donors (Lipinski definition) is 0. The molecule has 1 aliphatic rings. The van der Waals surface area contributed by atoms with Crippen molar-refractivity contribution in [1.82, 2.24) is 0 Å². The van der Waals surface area contributed by atoms with Crippen molar-refractivity contribution in [2.75, 3.05) is 6.61 Å². The first-order valence-corrected chi connectivity index (χ1v) is 11.4. The van der Waals surface area contributed by atoms with Crippen molar-refractivity contribution >= 4 is 0 Å². The maximum atomic E-state index is 5.84. The first-order valence-electron chi connectivity index (χ1n) is 11.4. The van der Waals surface area contributed by atoms with Gasteiger partial charge >= 0.3 is 0 Å². The van der Waals surface area contributed by atoms with Gasteiger partial charge in [0.05, 0.1) is 6.10 Å². The lowest BCUT2D eigenvalue weighted by Gasteiger charge is -2.44. The van der Waals surface area contributed by atoms with E-state index in [2.05, 4.69) is 20.8 Å². The number of ether oxygens (including phenoxy) is 1. The molecular weight excluding hydrogens is 292 g/mol. The second-order valence-electron chi connectivity index (χ2n) is 8.21. The lowest BCUT2D eigenvalue weighted by molar-refractivity contribution is -0.134. The summed E-state index contributed by atoms with van der Waals surface area (Å²) in [7, 11) is 0. The SMILES string of the molecule is CCCCCCCCCCCCCCCC(CC)(CC)C1CCO1. The molecule has 0 aromatic heterocycles. The van der Waals surface area contributed by atoms with Gasteiger partial charge in [0.1, 0.15) is 0 Å². The van der Waals surface area contributed by atoms with Gasteiger partial charge in [-0.15, -0.1) is 0 Å². The van der Waals surface area contributed by atoms with Gasteiger partial charge in [0.15, 0.2) is 0 Å². The topological polar surface area (TPSA) is 9.23 Å². The minimum atomic E-state index is 0.496. The lowest BCUT2D eigenvalue weighted by Crippen LogP contribution is -2.43. The van der Waals surface area contributed by atoms with E-state index < -0.39 is 0 Å². The number of unbranched alkanes of at least 4 members (excludes halogenated alkanes) is 12. The van der Waals surface area contributed by atoms with Crippen molar-refractivity contribution in [2.45, 2.75) is 136 Å². The second-order valence-corrected chi connectivity index (χ2v) is 8.21. The highest BCUT2D eigenvalue weighted by Gasteiger charge is 2.39. The van der Waals surface area contributed by atoms with Crippen LogP contribution in [0.1, 0.15) is 130 Å². The zero-order valence-corrected chi connectivity index (χ0v) is 17.2. The lowest BCUT2D eigenvalue weighted by atomic mass is 9.70. The van der Waals surface area contributed by atoms with E-state index in [1.807, 2.05) is 0 Å². The van der Waals surface area contributed by atoms with Gasteiger partial charge in [0.2, 0.25) is 0 Å². The zero-order valence-electron chi connectivity index (χ0n) is 17.2. The van der Waals surface area contributed by atoms with Gasteiger partial charge < -0.3 is 4.74 Å². The summed E-state index contributed by atoms with van der Waals surface area (Å²) >= 11 is 0. The molecule has 24 heavy (non-hydrogen) atoms. The zero-order chi connectivity index (χ0) is 17.5. The quantitative estimate of drug-likeness (QED) is 0.244. The number of hydrogen-bond acceptors (Lipinski definition) is 1. The molecule has 1 heterocycles. The average molecular weight is 339 g/mol. The summed E-state index contributed by atoms with van der Waals surface area (Å²) in [4.78, 5) is 0. The van der Waals surface area contributed by atoms with E-state index in [0.29, 0.717) is 11.5 Å². The third-order valence-corrected chi connectivity index (χ3v) is 6.57. The Labute approximate surface area is 153 Å². The molecule has 1 atom stereocenters. The van der Waals surface area contributed by atoms with Gasteiger partial charge in [0.25, 0.3) is 0 Å². The molecule has 144 valence electrons. The molecule has 1 saturated heterocycles. The third kappa shape index (κ3) is 8.37. The summed E-state index contributed by atoms with van der Waals surface area (Å²) in [5, 5.41) is 0. The van der Waals surface area contributed by atoms with Crippen LogP contribution >= 0.6 is 0 Å². The predicted molar refractivity (Wildman–Crippen MR) is 108 cm³/mol. The fourth-order valence-electron chi connectivity index (χ4n) is 4.43. The van der Waals surface area contributed by atoms with Crippen molar-refractivity contribution in [3.8, 4) is 0 Å². The summed E-state index contributed by atoms with van der Waals surface area (Å²) in [6.45, 7) is 8.04. The molecule has 0 aromatic carbocycles. The predicted octanol–water partition coefficient (Wildman–Crippen LogP) is 8.06. The molecule has 1 unspecified atom stereocenters. The Bertz CT molecular complexity index is 265. The van der Waals surface area contributed by atoms with Crippen LogP contribution in [0, 0.1) is 5.41 Å². The highest BCUT2D eigenvalue weighted by atomic mass is 16.5. The van der Waals surface area contributed by atoms with Crippen molar-refractivity contribution < 1.29 is 4.74 Å². The Morgan fingerprint density at radius 3 is 1.42 bits per heavy atom. The molecule has 0 bridgehead atoms. The molecule has 0 saturated carbocycles. The van der Waals surface area contributed by atoms with Crippen molar-refractivity contribution in [3.63, 3.8) is 0 Å². The van der Waals surface area contributed by atoms with Crippen LogP contribution in [0.15, 0.2) is 0 Å². The third-order valence-electron chi connectivity index (χ3n) is 6.57. The maximum Gasteiger partial charge on any atom is 0.0653 e. The maximum absolute atomic E-state index is 5.84. The summed E-state index contributed by atoms with van der Waals surface area (Å²) in [6, 6.07) is 0. The monoisotopic (exact) mass is 338 g/mol. The molecule has 0 amide bonds. The molecule has 0 radical (unpaired) electrons. The van der Waals surface area contributed by atoms with E-state index in [4.69, 9.17) is 4.74 Å². The standard InChI is InChI=1S/C23H46O/c1-4-7-8-9-10-11-12-13-14-15-16-17-18-20-23(5-2,6-3)22-19-21-24-22/h22H,4-21H2,1-3H3. The summed E-state index contributed by atoms with van der Waals surface area (Å²) in [5.74, 6) is 0. The van der Waals surface area contributed by atoms with E-state index >= 15 is 0 Å². The van der Waals surface area contributed by atoms with Crippen LogP contribution in [0.25, 0.3) is 0 Å². The van der Waals surface area contributed by atoms with Crippen LogP contribution in [0.2, 0.25) is 0 Å². The minimum absolute atomic E-state index is 0.496. The molecule has 1 aliphatic heterocycles. The average Bonchev–Trinajstić information content (AvgIpc) is 2.56.